The second-order valence-electron chi connectivity index (χ2n) is 4.71. The first-order chi connectivity index (χ1) is 10.6. The molecule has 0 radical (unpaired) electrons. The van der Waals surface area contributed by atoms with Crippen molar-refractivity contribution >= 4 is 23.6 Å². The summed E-state index contributed by atoms with van der Waals surface area (Å²) in [6.07, 6.45) is 1.63. The Morgan fingerprint density at radius 1 is 1.00 bits per heavy atom. The summed E-state index contributed by atoms with van der Waals surface area (Å²) in [5, 5.41) is 11.3. The molecular formula is C17H16N2O3. The van der Waals surface area contributed by atoms with E-state index in [1.165, 1.54) is 0 Å². The van der Waals surface area contributed by atoms with E-state index in [0.717, 1.165) is 5.56 Å². The molecule has 0 heterocycles. The van der Waals surface area contributed by atoms with E-state index in [0.29, 0.717) is 16.8 Å². The third kappa shape index (κ3) is 4.04. The van der Waals surface area contributed by atoms with E-state index in [1.807, 2.05) is 6.07 Å². The van der Waals surface area contributed by atoms with E-state index in [2.05, 4.69) is 5.32 Å². The Labute approximate surface area is 128 Å². The van der Waals surface area contributed by atoms with Gasteiger partial charge in [-0.15, -0.1) is 0 Å². The predicted molar refractivity (Wildman–Crippen MR) is 84.4 cm³/mol. The number of anilines is 1. The Balaban J connectivity index is 2.06. The molecule has 2 amide bonds. The van der Waals surface area contributed by atoms with Gasteiger partial charge in [-0.2, -0.15) is 0 Å². The number of rotatable bonds is 4. The molecule has 2 rings (SSSR count). The van der Waals surface area contributed by atoms with Crippen molar-refractivity contribution in [1.29, 1.82) is 0 Å². The Kier molecular flexibility index (Phi) is 5.06. The molecule has 0 aliphatic heterocycles. The van der Waals surface area contributed by atoms with Crippen LogP contribution >= 0.6 is 0 Å². The number of carbonyl (C=O) groups excluding carboxylic acids is 2. The van der Waals surface area contributed by atoms with Crippen molar-refractivity contribution in [3.8, 4) is 0 Å². The van der Waals surface area contributed by atoms with Gasteiger partial charge in [0.15, 0.2) is 0 Å². The summed E-state index contributed by atoms with van der Waals surface area (Å²) < 4.78 is 0. The minimum absolute atomic E-state index is 0.181. The number of amides is 2. The smallest absolute Gasteiger partial charge is 0.270 e. The summed E-state index contributed by atoms with van der Waals surface area (Å²) in [5.74, 6) is -0.735. The molecule has 0 aliphatic rings. The van der Waals surface area contributed by atoms with Gasteiger partial charge in [0.05, 0.1) is 0 Å². The third-order valence-corrected chi connectivity index (χ3v) is 3.05. The Morgan fingerprint density at radius 3 is 2.23 bits per heavy atom. The van der Waals surface area contributed by atoms with Crippen LogP contribution < -0.4 is 10.8 Å². The Morgan fingerprint density at radius 2 is 1.64 bits per heavy atom. The van der Waals surface area contributed by atoms with Gasteiger partial charge in [0.1, 0.15) is 0 Å². The molecule has 0 aromatic heterocycles. The molecule has 3 N–H and O–H groups in total. The van der Waals surface area contributed by atoms with E-state index in [-0.39, 0.29) is 5.91 Å². The summed E-state index contributed by atoms with van der Waals surface area (Å²) in [7, 11) is 0. The molecule has 0 spiro atoms. The molecule has 0 bridgehead atoms. The zero-order chi connectivity index (χ0) is 15.9. The Bertz CT molecular complexity index is 692. The molecular weight excluding hydrogens is 280 g/mol. The van der Waals surface area contributed by atoms with Crippen molar-refractivity contribution in [1.82, 2.24) is 5.48 Å². The molecule has 5 heteroatoms. The van der Waals surface area contributed by atoms with E-state index in [1.54, 1.807) is 67.0 Å². The highest BCUT2D eigenvalue weighted by Gasteiger charge is 2.05. The van der Waals surface area contributed by atoms with Gasteiger partial charge in [-0.1, -0.05) is 30.3 Å². The molecule has 5 nitrogen and oxygen atoms in total. The fraction of sp³-hybridized carbons (Fsp3) is 0.0588. The minimum atomic E-state index is -0.554. The van der Waals surface area contributed by atoms with E-state index >= 15 is 0 Å². The quantitative estimate of drug-likeness (QED) is 0.461. The van der Waals surface area contributed by atoms with Gasteiger partial charge in [-0.05, 0) is 42.8 Å². The molecule has 0 fully saturated rings. The molecule has 22 heavy (non-hydrogen) atoms. The van der Waals surface area contributed by atoms with Crippen molar-refractivity contribution in [3.63, 3.8) is 0 Å². The molecule has 0 saturated carbocycles. The molecule has 112 valence electrons. The van der Waals surface area contributed by atoms with E-state index < -0.39 is 5.91 Å². The standard InChI is InChI=1S/C17H16N2O3/c1-12(16(20)19-22)11-13-7-9-15(10-8-13)18-17(21)14-5-3-2-4-6-14/h2-11,22H,1H3,(H,18,21)(H,19,20)/b12-11+. The third-order valence-electron chi connectivity index (χ3n) is 3.05. The minimum Gasteiger partial charge on any atom is -0.322 e. The van der Waals surface area contributed by atoms with Crippen LogP contribution in [0, 0.1) is 0 Å². The molecule has 0 saturated heterocycles. The van der Waals surface area contributed by atoms with Crippen LogP contribution in [0.15, 0.2) is 60.2 Å². The van der Waals surface area contributed by atoms with Crippen LogP contribution in [-0.2, 0) is 4.79 Å². The van der Waals surface area contributed by atoms with E-state index in [4.69, 9.17) is 5.21 Å². The maximum absolute atomic E-state index is 12.0. The van der Waals surface area contributed by atoms with Crippen LogP contribution in [0.1, 0.15) is 22.8 Å². The van der Waals surface area contributed by atoms with E-state index in [9.17, 15) is 9.59 Å². The highest BCUT2D eigenvalue weighted by molar-refractivity contribution is 6.04. The molecule has 0 unspecified atom stereocenters. The van der Waals surface area contributed by atoms with Crippen molar-refractivity contribution in [2.45, 2.75) is 6.92 Å². The van der Waals surface area contributed by atoms with Gasteiger partial charge in [0.2, 0.25) is 0 Å². The summed E-state index contributed by atoms with van der Waals surface area (Å²) in [4.78, 5) is 23.2. The van der Waals surface area contributed by atoms with Crippen LogP contribution in [0.3, 0.4) is 0 Å². The predicted octanol–water partition coefficient (Wildman–Crippen LogP) is 2.85. The van der Waals surface area contributed by atoms with Gasteiger partial charge < -0.3 is 5.32 Å². The van der Waals surface area contributed by atoms with Crippen LogP contribution in [0.5, 0.6) is 0 Å². The molecule has 0 atom stereocenters. The lowest BCUT2D eigenvalue weighted by Crippen LogP contribution is -2.19. The molecule has 2 aromatic carbocycles. The first-order valence-corrected chi connectivity index (χ1v) is 6.69. The second kappa shape index (κ2) is 7.19. The summed E-state index contributed by atoms with van der Waals surface area (Å²) >= 11 is 0. The van der Waals surface area contributed by atoms with Gasteiger partial charge in [-0.3, -0.25) is 14.8 Å². The number of nitrogens with one attached hydrogen (secondary N) is 2. The number of hydrogen-bond donors (Lipinski definition) is 3. The number of carbonyl (C=O) groups is 2. The molecule has 2 aromatic rings. The van der Waals surface area contributed by atoms with Crippen molar-refractivity contribution < 1.29 is 14.8 Å². The first-order valence-electron chi connectivity index (χ1n) is 6.69. The van der Waals surface area contributed by atoms with Gasteiger partial charge in [0.25, 0.3) is 11.8 Å². The lowest BCUT2D eigenvalue weighted by atomic mass is 10.1. The topological polar surface area (TPSA) is 78.4 Å². The highest BCUT2D eigenvalue weighted by Crippen LogP contribution is 2.14. The largest absolute Gasteiger partial charge is 0.322 e. The summed E-state index contributed by atoms with van der Waals surface area (Å²) in [6.45, 7) is 1.59. The normalized spacial score (nSPS) is 10.9. The number of benzene rings is 2. The zero-order valence-electron chi connectivity index (χ0n) is 12.0. The SMILES string of the molecule is C/C(=C\c1ccc(NC(=O)c2ccccc2)cc1)C(=O)NO. The second-order valence-corrected chi connectivity index (χ2v) is 4.71. The average Bonchev–Trinajstić information content (AvgIpc) is 2.56. The van der Waals surface area contributed by atoms with Crippen LogP contribution in [0.4, 0.5) is 5.69 Å². The molecule has 0 aliphatic carbocycles. The van der Waals surface area contributed by atoms with Crippen molar-refractivity contribution in [3.05, 3.63) is 71.3 Å². The highest BCUT2D eigenvalue weighted by atomic mass is 16.5. The first kappa shape index (κ1) is 15.5. The van der Waals surface area contributed by atoms with Gasteiger partial charge >= 0.3 is 0 Å². The number of hydrogen-bond acceptors (Lipinski definition) is 3. The zero-order valence-corrected chi connectivity index (χ0v) is 12.0. The van der Waals surface area contributed by atoms with Gasteiger partial charge in [-0.25, -0.2) is 5.48 Å². The van der Waals surface area contributed by atoms with Crippen LogP contribution in [0.25, 0.3) is 6.08 Å². The summed E-state index contributed by atoms with van der Waals surface area (Å²) in [6, 6.07) is 16.0. The van der Waals surface area contributed by atoms with Crippen LogP contribution in [0.2, 0.25) is 0 Å². The summed E-state index contributed by atoms with van der Waals surface area (Å²) in [5.41, 5.74) is 3.99. The van der Waals surface area contributed by atoms with Crippen molar-refractivity contribution in [2.24, 2.45) is 0 Å². The fourth-order valence-corrected chi connectivity index (χ4v) is 1.86. The van der Waals surface area contributed by atoms with Crippen LogP contribution in [-0.4, -0.2) is 17.0 Å². The lowest BCUT2D eigenvalue weighted by molar-refractivity contribution is -0.125. The van der Waals surface area contributed by atoms with Crippen molar-refractivity contribution in [2.75, 3.05) is 5.32 Å². The maximum atomic E-state index is 12.0. The fourth-order valence-electron chi connectivity index (χ4n) is 1.86. The Hall–Kier alpha value is -2.92. The lowest BCUT2D eigenvalue weighted by Gasteiger charge is -2.06. The average molecular weight is 296 g/mol. The van der Waals surface area contributed by atoms with Gasteiger partial charge in [0, 0.05) is 16.8 Å². The number of hydroxylamine groups is 1. The maximum Gasteiger partial charge on any atom is 0.270 e. The monoisotopic (exact) mass is 296 g/mol.